The number of allylic oxidation sites excluding steroid dienone is 4. The van der Waals surface area contributed by atoms with Gasteiger partial charge in [0.1, 0.15) is 19.6 Å². The summed E-state index contributed by atoms with van der Waals surface area (Å²) in [7, 11) is 0.0545. The molecule has 0 fully saturated rings. The second-order valence-electron chi connectivity index (χ2n) is 14.2. The Kier molecular flexibility index (Phi) is 10.2. The Labute approximate surface area is 307 Å². The molecule has 0 radical (unpaired) electrons. The first-order chi connectivity index (χ1) is 21.4. The van der Waals surface area contributed by atoms with Gasteiger partial charge in [0.15, 0.2) is 5.71 Å². The van der Waals surface area contributed by atoms with Gasteiger partial charge < -0.3 is 13.9 Å². The molecule has 2 aromatic rings. The second-order valence-corrected chi connectivity index (χ2v) is 18.6. The number of anilines is 1. The minimum absolute atomic E-state index is 0.0983. The molecular weight excluding hydrogens is 844 g/mol. The summed E-state index contributed by atoms with van der Waals surface area (Å²) < 4.78 is 40.5. The Bertz CT molecular complexity index is 1850. The Morgan fingerprint density at radius 3 is 2.28 bits per heavy atom. The third-order valence-corrected chi connectivity index (χ3v) is 11.9. The van der Waals surface area contributed by atoms with E-state index in [2.05, 4.69) is 147 Å². The van der Waals surface area contributed by atoms with E-state index in [-0.39, 0.29) is 12.0 Å². The zero-order valence-electron chi connectivity index (χ0n) is 27.6. The highest BCUT2D eigenvalue weighted by Crippen LogP contribution is 2.48. The molecule has 10 heteroatoms. The maximum absolute atomic E-state index is 11.7. The van der Waals surface area contributed by atoms with Crippen molar-refractivity contribution in [1.29, 1.82) is 0 Å². The van der Waals surface area contributed by atoms with E-state index < -0.39 is 21.3 Å². The number of hydrogen-bond acceptors (Lipinski definition) is 4. The second kappa shape index (κ2) is 13.1. The molecule has 3 aliphatic rings. The van der Waals surface area contributed by atoms with Crippen molar-refractivity contribution in [3.63, 3.8) is 0 Å². The van der Waals surface area contributed by atoms with Gasteiger partial charge in [0, 0.05) is 65.8 Å². The van der Waals surface area contributed by atoms with Crippen LogP contribution in [-0.4, -0.2) is 73.8 Å². The highest BCUT2D eigenvalue weighted by molar-refractivity contribution is 14.1. The number of halogens is 3. The molecule has 5 rings (SSSR count). The van der Waals surface area contributed by atoms with Crippen LogP contribution in [0.3, 0.4) is 0 Å². The molecule has 0 bridgehead atoms. The highest BCUT2D eigenvalue weighted by Gasteiger charge is 2.44. The average molecular weight is 887 g/mol. The van der Waals surface area contributed by atoms with Crippen molar-refractivity contribution in [3.05, 3.63) is 101 Å². The molecule has 0 saturated carbocycles. The summed E-state index contributed by atoms with van der Waals surface area (Å²) in [5, 5.41) is 0.757. The van der Waals surface area contributed by atoms with Gasteiger partial charge in [0.25, 0.3) is 0 Å². The van der Waals surface area contributed by atoms with Crippen molar-refractivity contribution in [2.75, 3.05) is 50.9 Å². The van der Waals surface area contributed by atoms with Gasteiger partial charge in [-0.3, -0.25) is 0 Å². The summed E-state index contributed by atoms with van der Waals surface area (Å²) in [5.74, 6) is -0.463. The summed E-state index contributed by atoms with van der Waals surface area (Å²) >= 11 is 11.9. The van der Waals surface area contributed by atoms with Gasteiger partial charge in [-0.05, 0) is 107 Å². The number of likely N-dealkylation sites (N-methyl/N-ethyl adjacent to an activating group) is 1. The predicted molar refractivity (Wildman–Crippen MR) is 206 cm³/mol. The molecular formula is C36H43ClI2N3O3S+. The normalized spacial score (nSPS) is 22.0. The van der Waals surface area contributed by atoms with Crippen LogP contribution < -0.4 is 4.90 Å². The third-order valence-electron chi connectivity index (χ3n) is 9.37. The number of fused-ring (bicyclic) bond motifs is 2. The zero-order chi connectivity index (χ0) is 33.8. The lowest BCUT2D eigenvalue weighted by molar-refractivity contribution is -0.881. The molecule has 46 heavy (non-hydrogen) atoms. The van der Waals surface area contributed by atoms with Crippen LogP contribution in [0.4, 0.5) is 11.4 Å². The van der Waals surface area contributed by atoms with Crippen LogP contribution >= 0.6 is 56.8 Å². The van der Waals surface area contributed by atoms with Crippen molar-refractivity contribution in [1.82, 2.24) is 0 Å². The van der Waals surface area contributed by atoms with Gasteiger partial charge in [0.05, 0.1) is 40.4 Å². The van der Waals surface area contributed by atoms with Gasteiger partial charge in [-0.2, -0.15) is 4.58 Å². The molecule has 0 unspecified atom stereocenters. The van der Waals surface area contributed by atoms with Crippen molar-refractivity contribution in [2.45, 2.75) is 51.9 Å². The fourth-order valence-electron chi connectivity index (χ4n) is 7.14. The van der Waals surface area contributed by atoms with Crippen molar-refractivity contribution in [3.8, 4) is 0 Å². The van der Waals surface area contributed by atoms with E-state index in [0.717, 1.165) is 67.2 Å². The van der Waals surface area contributed by atoms with Crippen LogP contribution in [0, 0.1) is 7.14 Å². The topological polar surface area (TPSA) is 63.5 Å². The standard InChI is InChI=1S/C36H43ClI2N3O3S/c1-8-17-40-30-13-11-26(38)20-28(30)35(2,3)32(40)15-9-24-22-42(6,7)23-25(34(24)37)10-16-33-36(4,5)29-21-27(39)12-14-31(29)41(33)18-19-46(43,44)45/h9-16,20-21H,8,17-19,22-23H2,1-7H3/q+1. The van der Waals surface area contributed by atoms with Crippen LogP contribution in [-0.2, 0) is 20.9 Å². The summed E-state index contributed by atoms with van der Waals surface area (Å²) in [6, 6.07) is 12.9. The van der Waals surface area contributed by atoms with Crippen LogP contribution in [0.25, 0.3) is 0 Å². The Morgan fingerprint density at radius 1 is 0.978 bits per heavy atom. The summed E-state index contributed by atoms with van der Waals surface area (Å²) in [6.07, 6.45) is 9.69. The van der Waals surface area contributed by atoms with Gasteiger partial charge >= 0.3 is 0 Å². The molecule has 0 aromatic heterocycles. The van der Waals surface area contributed by atoms with Gasteiger partial charge in [-0.15, -0.1) is 0 Å². The summed E-state index contributed by atoms with van der Waals surface area (Å²) in [6.45, 7) is 13.7. The first-order valence-electron chi connectivity index (χ1n) is 15.6. The fraction of sp³-hybridized carbons (Fsp3) is 0.417. The number of rotatable bonds is 8. The third kappa shape index (κ3) is 7.10. The lowest BCUT2D eigenvalue weighted by Gasteiger charge is -2.35. The molecule has 0 saturated heterocycles. The van der Waals surface area contributed by atoms with Crippen molar-refractivity contribution >= 4 is 84.0 Å². The highest BCUT2D eigenvalue weighted by atomic mass is 127. The molecule has 0 spiro atoms. The van der Waals surface area contributed by atoms with E-state index in [9.17, 15) is 13.0 Å². The summed E-state index contributed by atoms with van der Waals surface area (Å²) in [5.41, 5.74) is 8.49. The van der Waals surface area contributed by atoms with Crippen molar-refractivity contribution in [2.24, 2.45) is 0 Å². The molecule has 0 atom stereocenters. The SMILES string of the molecule is CCC[N+]1=C(/C=C/C2=C(Cl)C(=C/C=C3/N(CCS(=O)(=O)[O-])c4ccc(I)cc4C3(C)C)/C[N+](C)(C)C2)C(C)(C)c2cc(I)ccc21. The van der Waals surface area contributed by atoms with E-state index in [0.29, 0.717) is 0 Å². The Morgan fingerprint density at radius 2 is 1.63 bits per heavy atom. The first kappa shape index (κ1) is 35.8. The number of nitrogens with zero attached hydrogens (tertiary/aromatic N) is 3. The van der Waals surface area contributed by atoms with E-state index >= 15 is 0 Å². The molecule has 2 aromatic carbocycles. The maximum atomic E-state index is 11.7. The minimum Gasteiger partial charge on any atom is -0.748 e. The lowest BCUT2D eigenvalue weighted by Crippen LogP contribution is -2.45. The van der Waals surface area contributed by atoms with E-state index in [4.69, 9.17) is 11.6 Å². The Hall–Kier alpha value is -1.51. The maximum Gasteiger partial charge on any atom is 0.209 e. The van der Waals surface area contributed by atoms with Gasteiger partial charge in [-0.25, -0.2) is 8.42 Å². The van der Waals surface area contributed by atoms with E-state index in [1.54, 1.807) is 0 Å². The van der Waals surface area contributed by atoms with Crippen LogP contribution in [0.5, 0.6) is 0 Å². The quantitative estimate of drug-likeness (QED) is 0.117. The minimum atomic E-state index is -4.38. The Balaban J connectivity index is 1.56. The molecule has 3 aliphatic heterocycles. The van der Waals surface area contributed by atoms with E-state index in [1.165, 1.54) is 20.5 Å². The van der Waals surface area contributed by atoms with Crippen LogP contribution in [0.2, 0.25) is 0 Å². The van der Waals surface area contributed by atoms with Crippen molar-refractivity contribution < 1.29 is 22.0 Å². The fourth-order valence-corrected chi connectivity index (χ4v) is 8.77. The molecule has 6 nitrogen and oxygen atoms in total. The molecule has 0 N–H and O–H groups in total. The molecule has 0 amide bonds. The van der Waals surface area contributed by atoms with Crippen LogP contribution in [0.15, 0.2) is 82.6 Å². The molecule has 246 valence electrons. The average Bonchev–Trinajstić information content (AvgIpc) is 3.28. The molecule has 0 aliphatic carbocycles. The smallest absolute Gasteiger partial charge is 0.209 e. The number of hydrogen-bond donors (Lipinski definition) is 0. The van der Waals surface area contributed by atoms with Gasteiger partial charge in [0.2, 0.25) is 5.69 Å². The predicted octanol–water partition coefficient (Wildman–Crippen LogP) is 7.97. The largest absolute Gasteiger partial charge is 0.748 e. The molecule has 3 heterocycles. The van der Waals surface area contributed by atoms with E-state index in [1.807, 2.05) is 17.0 Å². The monoisotopic (exact) mass is 886 g/mol. The number of benzene rings is 2. The van der Waals surface area contributed by atoms with Crippen LogP contribution in [0.1, 0.15) is 52.2 Å². The lowest BCUT2D eigenvalue weighted by atomic mass is 9.81. The zero-order valence-corrected chi connectivity index (χ0v) is 33.5. The summed E-state index contributed by atoms with van der Waals surface area (Å²) in [4.78, 5) is 1.99. The van der Waals surface area contributed by atoms with Gasteiger partial charge in [-0.1, -0.05) is 38.4 Å². The first-order valence-corrected chi connectivity index (χ1v) is 19.7. The number of quaternary nitrogens is 1.